The first kappa shape index (κ1) is 22.1. The predicted octanol–water partition coefficient (Wildman–Crippen LogP) is 1.74. The van der Waals surface area contributed by atoms with Crippen LogP contribution in [0.5, 0.6) is 0 Å². The number of imide groups is 1. The highest BCUT2D eigenvalue weighted by molar-refractivity contribution is 7.91. The number of hydrogen-bond donors (Lipinski definition) is 1. The molecule has 5 rings (SSSR count). The van der Waals surface area contributed by atoms with Gasteiger partial charge in [-0.3, -0.25) is 14.5 Å². The first-order chi connectivity index (χ1) is 15.8. The van der Waals surface area contributed by atoms with E-state index in [9.17, 15) is 22.8 Å². The first-order valence-electron chi connectivity index (χ1n) is 11.0. The number of amides is 4. The van der Waals surface area contributed by atoms with Gasteiger partial charge < -0.3 is 10.2 Å². The second-order valence-electron chi connectivity index (χ2n) is 9.01. The van der Waals surface area contributed by atoms with Crippen LogP contribution in [0.1, 0.15) is 28.8 Å². The van der Waals surface area contributed by atoms with Crippen LogP contribution in [0.15, 0.2) is 41.8 Å². The van der Waals surface area contributed by atoms with Crippen molar-refractivity contribution in [3.63, 3.8) is 0 Å². The van der Waals surface area contributed by atoms with E-state index in [1.807, 2.05) is 41.8 Å². The van der Waals surface area contributed by atoms with Crippen LogP contribution in [0.25, 0.3) is 0 Å². The Bertz CT molecular complexity index is 1210. The molecule has 1 N–H and O–H groups in total. The quantitative estimate of drug-likeness (QED) is 0.647. The monoisotopic (exact) mass is 487 g/mol. The van der Waals surface area contributed by atoms with Gasteiger partial charge in [0.25, 0.3) is 5.91 Å². The van der Waals surface area contributed by atoms with E-state index in [0.29, 0.717) is 25.7 Å². The Hall–Kier alpha value is -2.72. The minimum absolute atomic E-state index is 0.0392. The number of carbonyl (C=O) groups is 3. The van der Waals surface area contributed by atoms with Crippen molar-refractivity contribution < 1.29 is 22.8 Å². The molecule has 2 saturated heterocycles. The van der Waals surface area contributed by atoms with E-state index in [1.165, 1.54) is 21.8 Å². The van der Waals surface area contributed by atoms with E-state index in [2.05, 4.69) is 5.32 Å². The summed E-state index contributed by atoms with van der Waals surface area (Å²) in [5.41, 5.74) is 1.17. The van der Waals surface area contributed by atoms with Crippen molar-refractivity contribution in [3.05, 3.63) is 57.8 Å². The van der Waals surface area contributed by atoms with Crippen LogP contribution in [0, 0.1) is 0 Å². The summed E-state index contributed by atoms with van der Waals surface area (Å²) in [5, 5.41) is 4.75. The number of urea groups is 1. The van der Waals surface area contributed by atoms with E-state index in [0.717, 1.165) is 15.3 Å². The molecule has 2 aromatic rings. The minimum atomic E-state index is -3.20. The second kappa shape index (κ2) is 8.25. The SMILES string of the molecule is O=C1NC2(CCc3ccccc3C2)C(=O)N1CC(=O)N(Cc1cccs1)C1CCS(=O)(=O)C1. The molecule has 2 fully saturated rings. The minimum Gasteiger partial charge on any atom is -0.332 e. The van der Waals surface area contributed by atoms with Crippen molar-refractivity contribution in [1.82, 2.24) is 15.1 Å². The van der Waals surface area contributed by atoms with Crippen molar-refractivity contribution in [2.24, 2.45) is 0 Å². The van der Waals surface area contributed by atoms with Crippen LogP contribution in [0.4, 0.5) is 4.79 Å². The number of fused-ring (bicyclic) bond motifs is 1. The molecule has 2 unspecified atom stereocenters. The van der Waals surface area contributed by atoms with Crippen LogP contribution >= 0.6 is 11.3 Å². The first-order valence-corrected chi connectivity index (χ1v) is 13.7. The molecule has 33 heavy (non-hydrogen) atoms. The topological polar surface area (TPSA) is 104 Å². The molecule has 1 aliphatic carbocycles. The van der Waals surface area contributed by atoms with Gasteiger partial charge in [-0.2, -0.15) is 0 Å². The fourth-order valence-electron chi connectivity index (χ4n) is 5.08. The molecule has 1 aromatic carbocycles. The van der Waals surface area contributed by atoms with Crippen molar-refractivity contribution >= 4 is 39.0 Å². The summed E-state index contributed by atoms with van der Waals surface area (Å²) in [4.78, 5) is 43.0. The fraction of sp³-hybridized carbons (Fsp3) is 0.435. The van der Waals surface area contributed by atoms with Gasteiger partial charge in [-0.05, 0) is 41.8 Å². The Morgan fingerprint density at radius 1 is 1.18 bits per heavy atom. The number of benzene rings is 1. The molecule has 174 valence electrons. The molecule has 10 heteroatoms. The number of hydrogen-bond acceptors (Lipinski definition) is 6. The Morgan fingerprint density at radius 3 is 2.67 bits per heavy atom. The standard InChI is InChI=1S/C23H25N3O5S2/c27-20(25(13-19-6-3-10-32-19)18-8-11-33(30,31)15-18)14-26-21(28)23(24-22(26)29)9-7-16-4-1-2-5-17(16)12-23/h1-6,10,18H,7-9,11-15H2,(H,24,29). The molecule has 1 aromatic heterocycles. The van der Waals surface area contributed by atoms with Gasteiger partial charge in [0.1, 0.15) is 12.1 Å². The van der Waals surface area contributed by atoms with Gasteiger partial charge in [0.05, 0.1) is 18.1 Å². The lowest BCUT2D eigenvalue weighted by atomic mass is 9.78. The fourth-order valence-corrected chi connectivity index (χ4v) is 7.52. The molecule has 3 aliphatic rings. The van der Waals surface area contributed by atoms with Crippen molar-refractivity contribution in [2.75, 3.05) is 18.1 Å². The normalized spacial score (nSPS) is 25.8. The van der Waals surface area contributed by atoms with Crippen LogP contribution in [-0.2, 0) is 38.8 Å². The zero-order valence-corrected chi connectivity index (χ0v) is 19.7. The molecule has 0 radical (unpaired) electrons. The van der Waals surface area contributed by atoms with Gasteiger partial charge in [-0.25, -0.2) is 13.2 Å². The number of carbonyl (C=O) groups excluding carboxylic acids is 3. The summed E-state index contributed by atoms with van der Waals surface area (Å²) in [5.74, 6) is -0.851. The summed E-state index contributed by atoms with van der Waals surface area (Å²) in [6.07, 6.45) is 1.92. The molecule has 2 aliphatic heterocycles. The summed E-state index contributed by atoms with van der Waals surface area (Å²) >= 11 is 1.48. The molecule has 3 heterocycles. The van der Waals surface area contributed by atoms with Gasteiger partial charge in [0, 0.05) is 17.3 Å². The molecule has 1 spiro atoms. The maximum absolute atomic E-state index is 13.4. The maximum Gasteiger partial charge on any atom is 0.325 e. The average molecular weight is 488 g/mol. The zero-order chi connectivity index (χ0) is 23.2. The third kappa shape index (κ3) is 4.17. The Morgan fingerprint density at radius 2 is 1.97 bits per heavy atom. The molecule has 8 nitrogen and oxygen atoms in total. The highest BCUT2D eigenvalue weighted by Gasteiger charge is 2.53. The van der Waals surface area contributed by atoms with Gasteiger partial charge in [-0.15, -0.1) is 11.3 Å². The summed E-state index contributed by atoms with van der Waals surface area (Å²) in [7, 11) is -3.20. The summed E-state index contributed by atoms with van der Waals surface area (Å²) in [6.45, 7) is -0.130. The summed E-state index contributed by atoms with van der Waals surface area (Å²) < 4.78 is 24.1. The van der Waals surface area contributed by atoms with E-state index >= 15 is 0 Å². The largest absolute Gasteiger partial charge is 0.332 e. The van der Waals surface area contributed by atoms with Crippen LogP contribution in [-0.4, -0.2) is 65.7 Å². The van der Waals surface area contributed by atoms with Gasteiger partial charge >= 0.3 is 6.03 Å². The lowest BCUT2D eigenvalue weighted by molar-refractivity contribution is -0.140. The van der Waals surface area contributed by atoms with Gasteiger partial charge in [0.15, 0.2) is 9.84 Å². The Kier molecular flexibility index (Phi) is 5.52. The van der Waals surface area contributed by atoms with E-state index in [4.69, 9.17) is 0 Å². The third-order valence-electron chi connectivity index (χ3n) is 6.85. The Labute approximate surface area is 196 Å². The van der Waals surface area contributed by atoms with E-state index < -0.39 is 39.9 Å². The van der Waals surface area contributed by atoms with Crippen LogP contribution in [0.2, 0.25) is 0 Å². The van der Waals surface area contributed by atoms with Crippen molar-refractivity contribution in [3.8, 4) is 0 Å². The number of aryl methyl sites for hydroxylation is 1. The van der Waals surface area contributed by atoms with E-state index in [1.54, 1.807) is 0 Å². The van der Waals surface area contributed by atoms with Gasteiger partial charge in [-0.1, -0.05) is 30.3 Å². The molecule has 0 saturated carbocycles. The van der Waals surface area contributed by atoms with Crippen molar-refractivity contribution in [1.29, 1.82) is 0 Å². The van der Waals surface area contributed by atoms with Crippen LogP contribution < -0.4 is 5.32 Å². The molecular formula is C23H25N3O5S2. The van der Waals surface area contributed by atoms with Crippen molar-refractivity contribution in [2.45, 2.75) is 43.8 Å². The lowest BCUT2D eigenvalue weighted by Crippen LogP contribution is -2.52. The second-order valence-corrected chi connectivity index (χ2v) is 12.3. The third-order valence-corrected chi connectivity index (χ3v) is 9.46. The number of nitrogens with one attached hydrogen (secondary N) is 1. The molecule has 2 atom stereocenters. The molecule has 0 bridgehead atoms. The Balaban J connectivity index is 1.35. The number of sulfone groups is 1. The number of nitrogens with zero attached hydrogens (tertiary/aromatic N) is 2. The zero-order valence-electron chi connectivity index (χ0n) is 18.0. The smallest absolute Gasteiger partial charge is 0.325 e. The highest BCUT2D eigenvalue weighted by Crippen LogP contribution is 2.34. The average Bonchev–Trinajstić information content (AvgIpc) is 3.48. The summed E-state index contributed by atoms with van der Waals surface area (Å²) in [6, 6.07) is 10.6. The molecular weight excluding hydrogens is 462 g/mol. The lowest BCUT2D eigenvalue weighted by Gasteiger charge is -2.32. The van der Waals surface area contributed by atoms with Crippen LogP contribution in [0.3, 0.4) is 0 Å². The van der Waals surface area contributed by atoms with Gasteiger partial charge in [0.2, 0.25) is 5.91 Å². The number of thiophene rings is 1. The highest BCUT2D eigenvalue weighted by atomic mass is 32.2. The number of rotatable bonds is 5. The predicted molar refractivity (Wildman–Crippen MR) is 123 cm³/mol. The molecule has 4 amide bonds. The van der Waals surface area contributed by atoms with E-state index in [-0.39, 0.29) is 24.0 Å². The maximum atomic E-state index is 13.4.